The summed E-state index contributed by atoms with van der Waals surface area (Å²) in [7, 11) is 0. The minimum atomic E-state index is 0.488. The predicted octanol–water partition coefficient (Wildman–Crippen LogP) is 2.25. The second-order valence-electron chi connectivity index (χ2n) is 1.61. The quantitative estimate of drug-likeness (QED) is 0.611. The van der Waals surface area contributed by atoms with Crippen molar-refractivity contribution < 1.29 is 0 Å². The fourth-order valence-electron chi connectivity index (χ4n) is 0.552. The first-order valence-corrected chi connectivity index (χ1v) is 2.84. The number of nitrogens with one attached hydrogen (secondary N) is 1. The number of rotatable bonds is 1. The Balaban J connectivity index is 2.94. The molecule has 0 unspecified atom stereocenters. The number of benzene rings is 1. The van der Waals surface area contributed by atoms with Gasteiger partial charge < -0.3 is 10.7 Å². The van der Waals surface area contributed by atoms with Gasteiger partial charge in [-0.1, -0.05) is 17.7 Å². The van der Waals surface area contributed by atoms with Crippen molar-refractivity contribution in [1.82, 2.24) is 0 Å². The molecule has 2 nitrogen and oxygen atoms in total. The van der Waals surface area contributed by atoms with Crippen LogP contribution in [0.2, 0.25) is 5.02 Å². The standard InChI is InChI=1S/C6H5ClNO/c7-5-2-1-3-6(4-5)8-9/h1-4,8H/q-1. The Morgan fingerprint density at radius 3 is 2.67 bits per heavy atom. The van der Waals surface area contributed by atoms with Crippen molar-refractivity contribution in [2.24, 2.45) is 0 Å². The number of hydrogen-bond donors (Lipinski definition) is 1. The molecule has 1 N–H and O–H groups in total. The van der Waals surface area contributed by atoms with Crippen molar-refractivity contribution in [2.75, 3.05) is 5.48 Å². The first-order valence-electron chi connectivity index (χ1n) is 2.46. The molecule has 3 heteroatoms. The summed E-state index contributed by atoms with van der Waals surface area (Å²) in [5.74, 6) is 0. The SMILES string of the molecule is [O-]Nc1cccc(Cl)c1. The van der Waals surface area contributed by atoms with E-state index >= 15 is 0 Å². The van der Waals surface area contributed by atoms with E-state index in [-0.39, 0.29) is 0 Å². The van der Waals surface area contributed by atoms with E-state index in [0.717, 1.165) is 0 Å². The lowest BCUT2D eigenvalue weighted by molar-refractivity contribution is 1.60. The van der Waals surface area contributed by atoms with Crippen molar-refractivity contribution in [3.05, 3.63) is 34.5 Å². The predicted molar refractivity (Wildman–Crippen MR) is 38.4 cm³/mol. The largest absolute Gasteiger partial charge is 0.761 e. The van der Waals surface area contributed by atoms with Crippen molar-refractivity contribution in [3.63, 3.8) is 0 Å². The topological polar surface area (TPSA) is 35.1 Å². The molecular weight excluding hydrogens is 138 g/mol. The summed E-state index contributed by atoms with van der Waals surface area (Å²) >= 11 is 5.54. The minimum Gasteiger partial charge on any atom is -0.761 e. The molecule has 0 amide bonds. The van der Waals surface area contributed by atoms with E-state index in [1.54, 1.807) is 29.7 Å². The summed E-state index contributed by atoms with van der Waals surface area (Å²) in [6.45, 7) is 0. The first kappa shape index (κ1) is 6.39. The third-order valence-electron chi connectivity index (χ3n) is 0.942. The Morgan fingerprint density at radius 1 is 1.44 bits per heavy atom. The van der Waals surface area contributed by atoms with Crippen molar-refractivity contribution >= 4 is 17.3 Å². The van der Waals surface area contributed by atoms with Gasteiger partial charge in [-0.25, -0.2) is 0 Å². The van der Waals surface area contributed by atoms with E-state index < -0.39 is 0 Å². The summed E-state index contributed by atoms with van der Waals surface area (Å²) < 4.78 is 0. The van der Waals surface area contributed by atoms with Crippen LogP contribution in [-0.4, -0.2) is 0 Å². The summed E-state index contributed by atoms with van der Waals surface area (Å²) in [5, 5.41) is 10.5. The van der Waals surface area contributed by atoms with Gasteiger partial charge >= 0.3 is 0 Å². The highest BCUT2D eigenvalue weighted by Crippen LogP contribution is 2.13. The zero-order chi connectivity index (χ0) is 6.69. The Bertz CT molecular complexity index is 202. The second-order valence-corrected chi connectivity index (χ2v) is 2.05. The molecule has 0 saturated heterocycles. The number of hydrogen-bond acceptors (Lipinski definition) is 2. The molecule has 1 aromatic carbocycles. The smallest absolute Gasteiger partial charge is 0.0426 e. The van der Waals surface area contributed by atoms with Gasteiger partial charge in [0.25, 0.3) is 0 Å². The molecule has 0 aliphatic rings. The fourth-order valence-corrected chi connectivity index (χ4v) is 0.742. The maximum Gasteiger partial charge on any atom is 0.0426 e. The van der Waals surface area contributed by atoms with E-state index in [9.17, 15) is 5.21 Å². The Labute approximate surface area is 58.0 Å². The highest BCUT2D eigenvalue weighted by molar-refractivity contribution is 6.30. The molecule has 0 spiro atoms. The molecule has 0 saturated carbocycles. The van der Waals surface area contributed by atoms with Crippen LogP contribution in [0.3, 0.4) is 0 Å². The third kappa shape index (κ3) is 1.59. The molecule has 0 aromatic heterocycles. The summed E-state index contributed by atoms with van der Waals surface area (Å²) in [4.78, 5) is 0. The van der Waals surface area contributed by atoms with Gasteiger partial charge in [0.05, 0.1) is 0 Å². The van der Waals surface area contributed by atoms with Gasteiger partial charge in [0.2, 0.25) is 0 Å². The zero-order valence-electron chi connectivity index (χ0n) is 4.60. The Hall–Kier alpha value is -0.730. The van der Waals surface area contributed by atoms with Gasteiger partial charge in [0, 0.05) is 10.7 Å². The van der Waals surface area contributed by atoms with Crippen molar-refractivity contribution in [2.45, 2.75) is 0 Å². The van der Waals surface area contributed by atoms with Gasteiger partial charge in [-0.05, 0) is 18.2 Å². The molecule has 0 atom stereocenters. The van der Waals surface area contributed by atoms with Gasteiger partial charge in [-0.2, -0.15) is 0 Å². The molecule has 0 heterocycles. The van der Waals surface area contributed by atoms with E-state index in [1.165, 1.54) is 0 Å². The monoisotopic (exact) mass is 142 g/mol. The lowest BCUT2D eigenvalue weighted by atomic mass is 10.3. The van der Waals surface area contributed by atoms with Crippen LogP contribution in [0.5, 0.6) is 0 Å². The molecule has 0 fully saturated rings. The maximum atomic E-state index is 9.98. The molecule has 0 radical (unpaired) electrons. The van der Waals surface area contributed by atoms with Crippen LogP contribution >= 0.6 is 11.6 Å². The van der Waals surface area contributed by atoms with Crippen LogP contribution in [0.4, 0.5) is 5.69 Å². The lowest BCUT2D eigenvalue weighted by Gasteiger charge is -2.07. The van der Waals surface area contributed by atoms with Gasteiger partial charge in [-0.3, -0.25) is 0 Å². The molecule has 0 aliphatic carbocycles. The van der Waals surface area contributed by atoms with Crippen molar-refractivity contribution in [1.29, 1.82) is 0 Å². The second kappa shape index (κ2) is 2.71. The van der Waals surface area contributed by atoms with E-state index in [1.807, 2.05) is 0 Å². The highest BCUT2D eigenvalue weighted by Gasteiger charge is 1.84. The minimum absolute atomic E-state index is 0.488. The number of anilines is 1. The van der Waals surface area contributed by atoms with Crippen LogP contribution in [0, 0.1) is 5.21 Å². The van der Waals surface area contributed by atoms with Crippen LogP contribution in [0.25, 0.3) is 0 Å². The molecule has 0 aliphatic heterocycles. The van der Waals surface area contributed by atoms with Crippen LogP contribution in [0.15, 0.2) is 24.3 Å². The lowest BCUT2D eigenvalue weighted by Crippen LogP contribution is -1.82. The summed E-state index contributed by atoms with van der Waals surface area (Å²) in [6.07, 6.45) is 0. The van der Waals surface area contributed by atoms with E-state index in [2.05, 4.69) is 0 Å². The van der Waals surface area contributed by atoms with Gasteiger partial charge in [-0.15, -0.1) is 0 Å². The highest BCUT2D eigenvalue weighted by atomic mass is 35.5. The molecule has 1 rings (SSSR count). The van der Waals surface area contributed by atoms with Crippen LogP contribution < -0.4 is 5.48 Å². The van der Waals surface area contributed by atoms with Gasteiger partial charge in [0.1, 0.15) is 0 Å². The molecule has 9 heavy (non-hydrogen) atoms. The molecule has 0 bridgehead atoms. The zero-order valence-corrected chi connectivity index (χ0v) is 5.35. The van der Waals surface area contributed by atoms with E-state index in [4.69, 9.17) is 11.6 Å². The van der Waals surface area contributed by atoms with Crippen LogP contribution in [0.1, 0.15) is 0 Å². The van der Waals surface area contributed by atoms with Crippen molar-refractivity contribution in [3.8, 4) is 0 Å². The average molecular weight is 143 g/mol. The summed E-state index contributed by atoms with van der Waals surface area (Å²) in [6, 6.07) is 6.64. The molecule has 1 aromatic rings. The fraction of sp³-hybridized carbons (Fsp3) is 0. The van der Waals surface area contributed by atoms with E-state index in [0.29, 0.717) is 10.7 Å². The average Bonchev–Trinajstić information content (AvgIpc) is 1.88. The third-order valence-corrected chi connectivity index (χ3v) is 1.18. The Morgan fingerprint density at radius 2 is 2.22 bits per heavy atom. The maximum absolute atomic E-state index is 9.98. The van der Waals surface area contributed by atoms with Crippen LogP contribution in [-0.2, 0) is 0 Å². The number of halogens is 1. The summed E-state index contributed by atoms with van der Waals surface area (Å²) in [5.41, 5.74) is 2.22. The normalized spacial score (nSPS) is 9.11. The Kier molecular flexibility index (Phi) is 1.92. The molecule has 48 valence electrons. The first-order chi connectivity index (χ1) is 4.33. The molecular formula is C6H5ClNO-. The van der Waals surface area contributed by atoms with Gasteiger partial charge in [0.15, 0.2) is 0 Å².